The zero-order valence-corrected chi connectivity index (χ0v) is 61.5. The molecule has 102 heavy (non-hydrogen) atoms. The quantitative estimate of drug-likeness (QED) is 0.0375. The minimum absolute atomic E-state index is 0. The summed E-state index contributed by atoms with van der Waals surface area (Å²) in [7, 11) is 8.70. The predicted molar refractivity (Wildman–Crippen MR) is 393 cm³/mol. The van der Waals surface area contributed by atoms with Crippen molar-refractivity contribution in [2.45, 2.75) is 179 Å². The molecular weight excluding hydrogens is 1300 g/mol. The SMILES string of the molecule is C.CCC1=C[C@@H]2CN(CCc3c([nH]c4ccccc34)[C@@](C(=O)OC)(c3cc4c(cc3OC)N(C)[C@H]3[C@@](O)(COC(=O)NCC(C)C)[C@H](OC(C)=O)[C@]5(CC)C=CCN6CC[C@]43C65)C2)C1.CC[C@]12C=CCN3CC[C@@]4(c5ccc(OC)cc5N(C)[C@H]4[C@@](O)(COC(=O)NCC(C)C)[C@@H]1OC(C)=O)C32.[2HH]. The fourth-order valence-corrected chi connectivity index (χ4v) is 21.6. The highest BCUT2D eigenvalue weighted by atomic mass is 16.6. The van der Waals surface area contributed by atoms with Crippen molar-refractivity contribution in [2.24, 2.45) is 28.6 Å². The van der Waals surface area contributed by atoms with Gasteiger partial charge < -0.3 is 68.8 Å². The number of likely N-dealkylation sites (N-methyl/N-ethyl adjacent to an activating group) is 2. The summed E-state index contributed by atoms with van der Waals surface area (Å²) in [5.41, 5.74) is 1.16. The molecule has 2 saturated carbocycles. The number of nitrogens with zero attached hydrogens (tertiary/aromatic N) is 5. The maximum absolute atomic E-state index is 15.4. The number of amides is 2. The molecule has 3 aromatic carbocycles. The first-order valence-corrected chi connectivity index (χ1v) is 36.7. The standard InChI is InChI=1S/C50H65N5O8.C29H41N3O6.CH4.H2/c1-9-32-22-33-25-49(45(57)61-8,41-35(16-20-54(27-32)28-33)34-14-11-12-15-38(34)52-41)37-23-36-39(24-40(37)60-7)53(6)43-48(36)18-21-55-19-13-17-47(10-2,42(48)55)44(63-31(5)56)50(43,59)29-62-46(58)51-26-30(3)4;1-7-27-11-8-13-32-14-12-28(23(27)32)21-10-9-20(36-6)15-22(21)31(5)24(28)29(35,25(27)38-19(4)33)17-37-26(34)30-16-18(2)3;;/h11-15,17,22-24,30,33,42-44,52,59H,9-10,16,18-21,25-29H2,1-8H3,(H,51,58);8-11,15,18,23-25,35H,7,12-14,16-17H2,1-6H3,(H,30,34);1H4;1H/t33-,42?,43+,44+,47+,48+,49-,50-;23?,24-,25-,27-,28-,29+;;/m01../s1/i;;;1+1. The predicted octanol–water partition coefficient (Wildman–Crippen LogP) is 9.74. The molecule has 15 atom stereocenters. The molecule has 14 rings (SSSR count). The van der Waals surface area contributed by atoms with Crippen LogP contribution in [0, 0.1) is 28.6 Å². The average Bonchev–Trinajstić information content (AvgIpc) is 1.51. The van der Waals surface area contributed by atoms with Crippen LogP contribution < -0.4 is 29.9 Å². The molecular formula is C80H112N8O14. The number of hydrogen-bond acceptors (Lipinski definition) is 19. The normalized spacial score (nSPS) is 33.4. The number of benzene rings is 3. The van der Waals surface area contributed by atoms with Crippen molar-refractivity contribution in [2.75, 3.05) is 117 Å². The third-order valence-electron chi connectivity index (χ3n) is 25.0. The number of ether oxygens (including phenoxy) is 7. The van der Waals surface area contributed by atoms with Gasteiger partial charge in [0.15, 0.2) is 11.2 Å². The smallest absolute Gasteiger partial charge is 0.407 e. The van der Waals surface area contributed by atoms with Crippen molar-refractivity contribution in [3.63, 3.8) is 0 Å². The largest absolute Gasteiger partial charge is 0.497 e. The van der Waals surface area contributed by atoms with Gasteiger partial charge in [0.2, 0.25) is 0 Å². The van der Waals surface area contributed by atoms with Crippen LogP contribution in [0.2, 0.25) is 0 Å². The lowest BCUT2D eigenvalue weighted by molar-refractivity contribution is -0.228. The number of aromatic nitrogens is 1. The topological polar surface area (TPSA) is 246 Å². The number of carbonyl (C=O) groups excluding carboxylic acids is 5. The molecule has 4 fully saturated rings. The van der Waals surface area contributed by atoms with E-state index in [9.17, 15) is 29.4 Å². The third-order valence-corrected chi connectivity index (χ3v) is 25.0. The zero-order chi connectivity index (χ0) is 72.1. The summed E-state index contributed by atoms with van der Waals surface area (Å²) >= 11 is 0. The van der Waals surface area contributed by atoms with Crippen LogP contribution in [0.1, 0.15) is 138 Å². The van der Waals surface area contributed by atoms with Crippen LogP contribution in [0.3, 0.4) is 0 Å². The summed E-state index contributed by atoms with van der Waals surface area (Å²) in [6.45, 7) is 22.9. The van der Waals surface area contributed by atoms with E-state index in [0.29, 0.717) is 56.6 Å². The molecule has 2 bridgehead atoms. The summed E-state index contributed by atoms with van der Waals surface area (Å²) < 4.78 is 42.2. The molecule has 5 N–H and O–H groups in total. The number of nitrogens with one attached hydrogen (secondary N) is 3. The summed E-state index contributed by atoms with van der Waals surface area (Å²) in [6, 6.07) is 17.2. The van der Waals surface area contributed by atoms with Crippen molar-refractivity contribution in [1.29, 1.82) is 0 Å². The van der Waals surface area contributed by atoms with Crippen molar-refractivity contribution < 1.29 is 68.8 Å². The Morgan fingerprint density at radius 2 is 1.24 bits per heavy atom. The second-order valence-corrected chi connectivity index (χ2v) is 31.3. The highest BCUT2D eigenvalue weighted by molar-refractivity contribution is 5.94. The van der Waals surface area contributed by atoms with E-state index in [1.54, 1.807) is 14.2 Å². The first-order chi connectivity index (χ1) is 48.3. The molecule has 2 saturated heterocycles. The van der Waals surface area contributed by atoms with Gasteiger partial charge in [0, 0.05) is 155 Å². The number of rotatable bonds is 17. The monoisotopic (exact) mass is 1410 g/mol. The van der Waals surface area contributed by atoms with Crippen LogP contribution in [0.4, 0.5) is 21.0 Å². The molecule has 2 aliphatic carbocycles. The van der Waals surface area contributed by atoms with Gasteiger partial charge in [-0.1, -0.05) is 116 Å². The molecule has 0 radical (unpaired) electrons. The van der Waals surface area contributed by atoms with E-state index in [1.807, 2.05) is 66.1 Å². The Kier molecular flexibility index (Phi) is 20.2. The fourth-order valence-electron chi connectivity index (χ4n) is 21.6. The van der Waals surface area contributed by atoms with Crippen molar-refractivity contribution in [3.05, 3.63) is 118 Å². The second-order valence-electron chi connectivity index (χ2n) is 31.3. The van der Waals surface area contributed by atoms with E-state index in [-0.39, 0.29) is 51.3 Å². The average molecular weight is 1410 g/mol. The minimum atomic E-state index is -1.89. The second kappa shape index (κ2) is 27.8. The van der Waals surface area contributed by atoms with Crippen molar-refractivity contribution in [1.82, 2.24) is 30.3 Å². The third kappa shape index (κ3) is 11.2. The number of alkyl carbamates (subject to hydrolysis) is 2. The highest BCUT2D eigenvalue weighted by Crippen LogP contribution is 2.70. The number of aliphatic hydroxyl groups is 2. The van der Waals surface area contributed by atoms with Gasteiger partial charge in [0.25, 0.3) is 0 Å². The van der Waals surface area contributed by atoms with E-state index in [4.69, 9.17) is 33.2 Å². The Balaban J connectivity index is 0.000000228. The lowest BCUT2D eigenvalue weighted by Gasteiger charge is -2.64. The van der Waals surface area contributed by atoms with Crippen molar-refractivity contribution >= 4 is 52.4 Å². The van der Waals surface area contributed by atoms with Crippen LogP contribution in [0.25, 0.3) is 10.9 Å². The Labute approximate surface area is 603 Å². The number of methoxy groups -OCH3 is 3. The summed E-state index contributed by atoms with van der Waals surface area (Å²) in [6.07, 6.45) is 12.5. The fraction of sp³-hybridized carbons (Fsp3) is 0.613. The summed E-state index contributed by atoms with van der Waals surface area (Å²) in [5.74, 6) is 0.363. The summed E-state index contributed by atoms with van der Waals surface area (Å²) in [4.78, 5) is 82.8. The van der Waals surface area contributed by atoms with E-state index in [2.05, 4.69) is 122 Å². The van der Waals surface area contributed by atoms with Crippen LogP contribution in [-0.4, -0.2) is 215 Å². The summed E-state index contributed by atoms with van der Waals surface area (Å²) in [5, 5.41) is 33.3. The first-order valence-electron chi connectivity index (χ1n) is 36.7. The minimum Gasteiger partial charge on any atom is -0.497 e. The molecule has 10 aliphatic rings. The lowest BCUT2D eigenvalue weighted by Crippen LogP contribution is -2.80. The molecule has 4 aromatic rings. The highest BCUT2D eigenvalue weighted by Gasteiger charge is 2.80. The van der Waals surface area contributed by atoms with Gasteiger partial charge >= 0.3 is 30.1 Å². The first kappa shape index (κ1) is 74.1. The molecule has 2 amide bonds. The molecule has 9 heterocycles. The Morgan fingerprint density at radius 3 is 1.75 bits per heavy atom. The number of H-pyrrole nitrogens is 1. The molecule has 556 valence electrons. The zero-order valence-electron chi connectivity index (χ0n) is 61.5. The molecule has 2 spiro atoms. The number of esters is 3. The lowest BCUT2D eigenvalue weighted by atomic mass is 9.47. The van der Waals surface area contributed by atoms with E-state index in [0.717, 1.165) is 109 Å². The number of carbonyl (C=O) groups is 5. The Morgan fingerprint density at radius 1 is 0.686 bits per heavy atom. The van der Waals surface area contributed by atoms with Gasteiger partial charge in [-0.2, -0.15) is 0 Å². The van der Waals surface area contributed by atoms with E-state index < -0.39 is 93.3 Å². The van der Waals surface area contributed by atoms with Crippen molar-refractivity contribution in [3.8, 4) is 11.5 Å². The number of aromatic amines is 1. The number of hydrogen-bond donors (Lipinski definition) is 5. The maximum Gasteiger partial charge on any atom is 0.407 e. The number of anilines is 2. The molecule has 22 heteroatoms. The van der Waals surface area contributed by atoms with E-state index >= 15 is 4.79 Å². The Hall–Kier alpha value is -7.63. The van der Waals surface area contributed by atoms with Gasteiger partial charge in [-0.3, -0.25) is 29.1 Å². The Bertz CT molecular complexity index is 3990. The van der Waals surface area contributed by atoms with Gasteiger partial charge in [0.05, 0.1) is 33.4 Å². The molecule has 1 aromatic heterocycles. The van der Waals surface area contributed by atoms with Gasteiger partial charge in [-0.05, 0) is 111 Å². The molecule has 3 unspecified atom stereocenters. The number of fused-ring (bicyclic) bond motifs is 7. The molecule has 22 nitrogen and oxygen atoms in total. The van der Waals surface area contributed by atoms with Crippen LogP contribution >= 0.6 is 0 Å². The van der Waals surface area contributed by atoms with Crippen LogP contribution in [-0.2, 0) is 60.7 Å². The maximum atomic E-state index is 15.4. The van der Waals surface area contributed by atoms with Crippen LogP contribution in [0.15, 0.2) is 90.6 Å². The van der Waals surface area contributed by atoms with Gasteiger partial charge in [-0.15, -0.1) is 0 Å². The van der Waals surface area contributed by atoms with Crippen LogP contribution in [0.5, 0.6) is 11.5 Å². The number of para-hydroxylation sites is 1. The van der Waals surface area contributed by atoms with Gasteiger partial charge in [-0.25, -0.2) is 9.59 Å². The van der Waals surface area contributed by atoms with Gasteiger partial charge in [0.1, 0.15) is 42.3 Å². The van der Waals surface area contributed by atoms with E-state index in [1.165, 1.54) is 26.5 Å². The molecule has 8 aliphatic heterocycles.